The number of carboxylic acid groups (broad SMARTS) is 1. The van der Waals surface area contributed by atoms with E-state index in [9.17, 15) is 27.5 Å². The zero-order valence-electron chi connectivity index (χ0n) is 14.8. The number of rotatable bonds is 6. The van der Waals surface area contributed by atoms with Gasteiger partial charge in [0, 0.05) is 22.0 Å². The quantitative estimate of drug-likeness (QED) is 0.589. The predicted octanol–water partition coefficient (Wildman–Crippen LogP) is 4.73. The molecule has 0 aliphatic heterocycles. The molecule has 5 nitrogen and oxygen atoms in total. The highest BCUT2D eigenvalue weighted by Crippen LogP contribution is 2.35. The lowest BCUT2D eigenvalue weighted by molar-refractivity contribution is -0.273. The van der Waals surface area contributed by atoms with Crippen molar-refractivity contribution in [1.29, 1.82) is 0 Å². The van der Waals surface area contributed by atoms with Crippen LogP contribution in [-0.2, 0) is 17.8 Å². The molecule has 0 saturated carbocycles. The number of fused-ring (bicyclic) bond motifs is 1. The van der Waals surface area contributed by atoms with Gasteiger partial charge in [-0.2, -0.15) is 0 Å². The highest BCUT2D eigenvalue weighted by Gasteiger charge is 2.31. The maximum absolute atomic E-state index is 14.2. The first-order valence-corrected chi connectivity index (χ1v) is 8.82. The van der Waals surface area contributed by atoms with E-state index in [1.165, 1.54) is 31.4 Å². The summed E-state index contributed by atoms with van der Waals surface area (Å²) < 4.78 is 61.9. The molecule has 0 fully saturated rings. The smallest absolute Gasteiger partial charge is 0.494 e. The Morgan fingerprint density at radius 2 is 2.00 bits per heavy atom. The Bertz CT molecular complexity index is 1040. The van der Waals surface area contributed by atoms with Gasteiger partial charge in [-0.15, -0.1) is 24.5 Å². The average molecular weight is 417 g/mol. The molecule has 0 atom stereocenters. The van der Waals surface area contributed by atoms with Crippen LogP contribution in [0.2, 0.25) is 0 Å². The first-order chi connectivity index (χ1) is 13.1. The molecule has 28 heavy (non-hydrogen) atoms. The van der Waals surface area contributed by atoms with Gasteiger partial charge < -0.3 is 19.1 Å². The van der Waals surface area contributed by atoms with Gasteiger partial charge in [-0.25, -0.2) is 4.39 Å². The number of hydrogen-bond donors (Lipinski definition) is 1. The van der Waals surface area contributed by atoms with Crippen molar-refractivity contribution in [3.8, 4) is 10.8 Å². The van der Waals surface area contributed by atoms with Crippen molar-refractivity contribution in [1.82, 2.24) is 4.57 Å². The van der Waals surface area contributed by atoms with E-state index >= 15 is 0 Å². The molecule has 0 radical (unpaired) electrons. The van der Waals surface area contributed by atoms with Crippen LogP contribution in [0.25, 0.3) is 10.9 Å². The second kappa shape index (κ2) is 7.34. The lowest BCUT2D eigenvalue weighted by Gasteiger charge is -2.08. The van der Waals surface area contributed by atoms with Crippen molar-refractivity contribution in [2.45, 2.75) is 26.3 Å². The molecule has 3 aromatic rings. The molecule has 2 heterocycles. The molecule has 10 heteroatoms. The Morgan fingerprint density at radius 3 is 2.61 bits per heavy atom. The molecule has 1 aromatic carbocycles. The van der Waals surface area contributed by atoms with E-state index in [0.717, 1.165) is 11.3 Å². The summed E-state index contributed by atoms with van der Waals surface area (Å²) >= 11 is 0.809. The number of alkyl halides is 3. The van der Waals surface area contributed by atoms with E-state index in [4.69, 9.17) is 4.74 Å². The minimum atomic E-state index is -4.79. The zero-order valence-corrected chi connectivity index (χ0v) is 15.6. The third-order valence-corrected chi connectivity index (χ3v) is 5.17. The fraction of sp³-hybridized carbons (Fsp3) is 0.278. The molecular weight excluding hydrogens is 402 g/mol. The van der Waals surface area contributed by atoms with Gasteiger partial charge in [-0.05, 0) is 30.7 Å². The summed E-state index contributed by atoms with van der Waals surface area (Å²) in [5.74, 6) is -1.70. The fourth-order valence-electron chi connectivity index (χ4n) is 3.05. The van der Waals surface area contributed by atoms with Gasteiger partial charge in [0.2, 0.25) is 0 Å². The Labute approximate surface area is 160 Å². The Morgan fingerprint density at radius 1 is 1.29 bits per heavy atom. The summed E-state index contributed by atoms with van der Waals surface area (Å²) in [7, 11) is 1.30. The second-order valence-electron chi connectivity index (χ2n) is 5.99. The number of carboxylic acids is 1. The number of aliphatic carboxylic acids is 1. The van der Waals surface area contributed by atoms with Gasteiger partial charge in [0.05, 0.1) is 25.6 Å². The van der Waals surface area contributed by atoms with E-state index in [-0.39, 0.29) is 23.8 Å². The first kappa shape index (κ1) is 20.0. The van der Waals surface area contributed by atoms with E-state index in [1.54, 1.807) is 11.5 Å². The summed E-state index contributed by atoms with van der Waals surface area (Å²) in [6.07, 6.45) is -5.07. The van der Waals surface area contributed by atoms with Gasteiger partial charge in [0.15, 0.2) is 16.6 Å². The number of carbonyl (C=O) groups is 1. The van der Waals surface area contributed by atoms with E-state index in [1.807, 2.05) is 0 Å². The third-order valence-electron chi connectivity index (χ3n) is 4.22. The number of hydrogen-bond acceptors (Lipinski definition) is 4. The van der Waals surface area contributed by atoms with Crippen LogP contribution in [0, 0.1) is 12.7 Å². The lowest BCUT2D eigenvalue weighted by atomic mass is 10.1. The minimum absolute atomic E-state index is 0.0201. The van der Waals surface area contributed by atoms with Crippen molar-refractivity contribution in [2.75, 3.05) is 7.11 Å². The second-order valence-corrected chi connectivity index (χ2v) is 7.12. The number of ether oxygens (including phenoxy) is 2. The van der Waals surface area contributed by atoms with E-state index < -0.39 is 18.1 Å². The summed E-state index contributed by atoms with van der Waals surface area (Å²) in [4.78, 5) is 11.8. The fourth-order valence-corrected chi connectivity index (χ4v) is 3.91. The molecule has 0 saturated heterocycles. The van der Waals surface area contributed by atoms with Crippen LogP contribution in [0.5, 0.6) is 10.8 Å². The average Bonchev–Trinajstić information content (AvgIpc) is 3.10. The molecule has 0 bridgehead atoms. The van der Waals surface area contributed by atoms with Gasteiger partial charge in [-0.3, -0.25) is 4.79 Å². The number of benzene rings is 1. The van der Waals surface area contributed by atoms with Gasteiger partial charge in [0.1, 0.15) is 0 Å². The number of methoxy groups -OCH3 is 1. The van der Waals surface area contributed by atoms with Crippen LogP contribution < -0.4 is 9.47 Å². The highest BCUT2D eigenvalue weighted by atomic mass is 32.1. The molecule has 1 N–H and O–H groups in total. The maximum atomic E-state index is 14.2. The van der Waals surface area contributed by atoms with Gasteiger partial charge in [0.25, 0.3) is 0 Å². The Balaban J connectivity index is 2.06. The minimum Gasteiger partial charge on any atom is -0.494 e. The van der Waals surface area contributed by atoms with Crippen molar-refractivity contribution in [2.24, 2.45) is 0 Å². The zero-order chi connectivity index (χ0) is 20.6. The summed E-state index contributed by atoms with van der Waals surface area (Å²) in [5.41, 5.74) is 1.50. The van der Waals surface area contributed by atoms with E-state index in [0.29, 0.717) is 27.0 Å². The molecule has 2 aromatic heterocycles. The largest absolute Gasteiger partial charge is 0.573 e. The van der Waals surface area contributed by atoms with Crippen LogP contribution in [0.1, 0.15) is 16.1 Å². The number of nitrogens with zero attached hydrogens (tertiary/aromatic N) is 1. The molecule has 0 aliphatic carbocycles. The van der Waals surface area contributed by atoms with Crippen LogP contribution in [0.4, 0.5) is 17.6 Å². The van der Waals surface area contributed by atoms with Crippen molar-refractivity contribution < 1.29 is 36.9 Å². The predicted molar refractivity (Wildman–Crippen MR) is 94.6 cm³/mol. The third kappa shape index (κ3) is 4.06. The van der Waals surface area contributed by atoms with Gasteiger partial charge >= 0.3 is 12.3 Å². The summed E-state index contributed by atoms with van der Waals surface area (Å²) in [6, 6.07) is 5.34. The molecule has 0 spiro atoms. The molecule has 0 unspecified atom stereocenters. The summed E-state index contributed by atoms with van der Waals surface area (Å²) in [6.45, 7) is 1.82. The van der Waals surface area contributed by atoms with Crippen molar-refractivity contribution in [3.05, 3.63) is 46.2 Å². The van der Waals surface area contributed by atoms with Crippen molar-refractivity contribution >= 4 is 28.2 Å². The first-order valence-electron chi connectivity index (χ1n) is 8.00. The van der Waals surface area contributed by atoms with Gasteiger partial charge in [-0.1, -0.05) is 0 Å². The Hall–Kier alpha value is -2.75. The topological polar surface area (TPSA) is 60.7 Å². The number of aromatic nitrogens is 1. The highest BCUT2D eigenvalue weighted by molar-refractivity contribution is 7.13. The summed E-state index contributed by atoms with van der Waals surface area (Å²) in [5, 5.41) is 9.41. The normalized spacial score (nSPS) is 11.8. The maximum Gasteiger partial charge on any atom is 0.573 e. The molecule has 0 aliphatic rings. The van der Waals surface area contributed by atoms with Crippen LogP contribution in [0.3, 0.4) is 0 Å². The Kier molecular flexibility index (Phi) is 5.24. The molecule has 3 rings (SSSR count). The number of thiophene rings is 1. The standard InChI is InChI=1S/C18H15F4NO4S/c1-9-11(6-16(24)25)12-5-15(26-2)13(19)7-14(12)23(9)8-10-3-4-17(28-10)27-18(20,21)22/h3-5,7H,6,8H2,1-2H3,(H,24,25). The van der Waals surface area contributed by atoms with Crippen LogP contribution in [0.15, 0.2) is 24.3 Å². The van der Waals surface area contributed by atoms with Crippen LogP contribution in [-0.4, -0.2) is 29.1 Å². The van der Waals surface area contributed by atoms with E-state index in [2.05, 4.69) is 4.74 Å². The molecule has 150 valence electrons. The number of halogens is 4. The monoisotopic (exact) mass is 417 g/mol. The van der Waals surface area contributed by atoms with Crippen molar-refractivity contribution in [3.63, 3.8) is 0 Å². The molecular formula is C18H15F4NO4S. The lowest BCUT2D eigenvalue weighted by Crippen LogP contribution is -2.16. The van der Waals surface area contributed by atoms with Crippen LogP contribution >= 0.6 is 11.3 Å². The molecule has 0 amide bonds. The SMILES string of the molecule is COc1cc2c(CC(=O)O)c(C)n(Cc3ccc(OC(F)(F)F)s3)c2cc1F.